The Morgan fingerprint density at radius 1 is 0.939 bits per heavy atom. The predicted octanol–water partition coefficient (Wildman–Crippen LogP) is 6.00. The summed E-state index contributed by atoms with van der Waals surface area (Å²) < 4.78 is 10.8. The first-order chi connectivity index (χ1) is 16.1. The molecular weight excluding hydrogens is 412 g/mol. The van der Waals surface area contributed by atoms with Crippen LogP contribution in [0.1, 0.15) is 37.0 Å². The molecule has 1 atom stereocenters. The number of aliphatic hydroxyl groups excluding tert-OH is 1. The summed E-state index contributed by atoms with van der Waals surface area (Å²) in [6, 6.07) is 24.3. The molecule has 168 valence electrons. The SMILES string of the molecule is CCOC(=O)C(O)C1=C(CC)/C(=C/c2ccccc2-c2ccccc2)c2cccc(OC)c21. The summed E-state index contributed by atoms with van der Waals surface area (Å²) in [5, 5.41) is 11.0. The highest BCUT2D eigenvalue weighted by Crippen LogP contribution is 2.49. The van der Waals surface area contributed by atoms with Crippen LogP contribution < -0.4 is 4.74 Å². The normalized spacial score (nSPS) is 14.8. The van der Waals surface area contributed by atoms with Crippen molar-refractivity contribution in [1.29, 1.82) is 0 Å². The molecule has 0 aromatic heterocycles. The third-order valence-electron chi connectivity index (χ3n) is 5.94. The number of methoxy groups -OCH3 is 1. The average Bonchev–Trinajstić information content (AvgIpc) is 3.17. The van der Waals surface area contributed by atoms with Gasteiger partial charge in [0.05, 0.1) is 13.7 Å². The smallest absolute Gasteiger partial charge is 0.339 e. The molecule has 0 bridgehead atoms. The van der Waals surface area contributed by atoms with Gasteiger partial charge in [-0.3, -0.25) is 0 Å². The summed E-state index contributed by atoms with van der Waals surface area (Å²) in [5.74, 6) is -0.0298. The van der Waals surface area contributed by atoms with Gasteiger partial charge in [0.2, 0.25) is 0 Å². The molecule has 1 aliphatic carbocycles. The topological polar surface area (TPSA) is 55.8 Å². The fraction of sp³-hybridized carbons (Fsp3) is 0.207. The van der Waals surface area contributed by atoms with E-state index in [2.05, 4.69) is 30.3 Å². The highest BCUT2D eigenvalue weighted by molar-refractivity contribution is 6.11. The van der Waals surface area contributed by atoms with Crippen molar-refractivity contribution in [3.63, 3.8) is 0 Å². The van der Waals surface area contributed by atoms with E-state index in [1.54, 1.807) is 14.0 Å². The van der Waals surface area contributed by atoms with Crippen LogP contribution in [0.25, 0.3) is 28.3 Å². The van der Waals surface area contributed by atoms with Crippen LogP contribution in [-0.2, 0) is 9.53 Å². The first kappa shape index (κ1) is 22.6. The standard InChI is InChI=1S/C29H28O4/c1-4-21-24(18-20-14-9-10-15-22(20)19-12-7-6-8-13-19)23-16-11-17-25(32-3)26(23)27(21)28(30)29(31)33-5-2/h6-18,28,30H,4-5H2,1-3H3/b24-18-. The van der Waals surface area contributed by atoms with Gasteiger partial charge in [0.1, 0.15) is 5.75 Å². The van der Waals surface area contributed by atoms with Crippen LogP contribution in [0.2, 0.25) is 0 Å². The minimum atomic E-state index is -1.38. The molecule has 1 N–H and O–H groups in total. The molecule has 0 heterocycles. The van der Waals surface area contributed by atoms with Gasteiger partial charge in [-0.05, 0) is 58.9 Å². The first-order valence-electron chi connectivity index (χ1n) is 11.2. The number of aliphatic hydroxyl groups is 1. The Balaban J connectivity index is 1.95. The van der Waals surface area contributed by atoms with E-state index in [0.29, 0.717) is 17.7 Å². The average molecular weight is 441 g/mol. The van der Waals surface area contributed by atoms with Crippen molar-refractivity contribution in [2.45, 2.75) is 26.4 Å². The molecule has 4 heteroatoms. The number of esters is 1. The van der Waals surface area contributed by atoms with Crippen molar-refractivity contribution in [1.82, 2.24) is 0 Å². The van der Waals surface area contributed by atoms with E-state index in [1.165, 1.54) is 0 Å². The number of benzene rings is 3. The number of rotatable bonds is 7. The number of carbonyl (C=O) groups excluding carboxylic acids is 1. The van der Waals surface area contributed by atoms with Gasteiger partial charge in [-0.2, -0.15) is 0 Å². The molecule has 0 spiro atoms. The number of ether oxygens (including phenoxy) is 2. The lowest BCUT2D eigenvalue weighted by Crippen LogP contribution is -2.25. The monoisotopic (exact) mass is 440 g/mol. The van der Waals surface area contributed by atoms with E-state index < -0.39 is 12.1 Å². The number of fused-ring (bicyclic) bond motifs is 1. The number of carbonyl (C=O) groups is 1. The van der Waals surface area contributed by atoms with Crippen LogP contribution >= 0.6 is 0 Å². The fourth-order valence-electron chi connectivity index (χ4n) is 4.51. The maximum absolute atomic E-state index is 12.5. The number of hydrogen-bond donors (Lipinski definition) is 1. The van der Waals surface area contributed by atoms with Crippen molar-refractivity contribution in [3.8, 4) is 16.9 Å². The summed E-state index contributed by atoms with van der Waals surface area (Å²) >= 11 is 0. The second-order valence-corrected chi connectivity index (χ2v) is 7.79. The second kappa shape index (κ2) is 9.88. The van der Waals surface area contributed by atoms with Gasteiger partial charge in [-0.1, -0.05) is 73.7 Å². The second-order valence-electron chi connectivity index (χ2n) is 7.79. The van der Waals surface area contributed by atoms with Crippen LogP contribution in [0.15, 0.2) is 78.4 Å². The van der Waals surface area contributed by atoms with Crippen LogP contribution in [0, 0.1) is 0 Å². The largest absolute Gasteiger partial charge is 0.496 e. The van der Waals surface area contributed by atoms with Crippen LogP contribution in [0.3, 0.4) is 0 Å². The van der Waals surface area contributed by atoms with Crippen LogP contribution in [-0.4, -0.2) is 30.9 Å². The minimum Gasteiger partial charge on any atom is -0.496 e. The lowest BCUT2D eigenvalue weighted by molar-refractivity contribution is -0.149. The van der Waals surface area contributed by atoms with E-state index in [9.17, 15) is 9.90 Å². The zero-order valence-electron chi connectivity index (χ0n) is 19.2. The highest BCUT2D eigenvalue weighted by Gasteiger charge is 2.35. The Kier molecular flexibility index (Phi) is 6.76. The third kappa shape index (κ3) is 4.22. The molecule has 3 aromatic rings. The first-order valence-corrected chi connectivity index (χ1v) is 11.2. The van der Waals surface area contributed by atoms with Gasteiger partial charge in [0, 0.05) is 11.1 Å². The molecule has 0 aliphatic heterocycles. The molecule has 33 heavy (non-hydrogen) atoms. The molecule has 4 nitrogen and oxygen atoms in total. The molecular formula is C29H28O4. The maximum atomic E-state index is 12.5. The van der Waals surface area contributed by atoms with Crippen molar-refractivity contribution >= 4 is 23.2 Å². The molecule has 0 amide bonds. The third-order valence-corrected chi connectivity index (χ3v) is 5.94. The van der Waals surface area contributed by atoms with Crippen LogP contribution in [0.5, 0.6) is 5.75 Å². The van der Waals surface area contributed by atoms with E-state index in [0.717, 1.165) is 39.0 Å². The Bertz CT molecular complexity index is 1220. The van der Waals surface area contributed by atoms with Crippen molar-refractivity contribution in [2.24, 2.45) is 0 Å². The Morgan fingerprint density at radius 3 is 2.33 bits per heavy atom. The Morgan fingerprint density at radius 2 is 1.64 bits per heavy atom. The molecule has 0 saturated carbocycles. The molecule has 1 unspecified atom stereocenters. The van der Waals surface area contributed by atoms with E-state index >= 15 is 0 Å². The lowest BCUT2D eigenvalue weighted by atomic mass is 9.94. The maximum Gasteiger partial charge on any atom is 0.339 e. The van der Waals surface area contributed by atoms with E-state index in [4.69, 9.17) is 9.47 Å². The summed E-state index contributed by atoms with van der Waals surface area (Å²) in [6.07, 6.45) is 1.40. The van der Waals surface area contributed by atoms with E-state index in [-0.39, 0.29) is 6.61 Å². The highest BCUT2D eigenvalue weighted by atomic mass is 16.5. The van der Waals surface area contributed by atoms with Gasteiger partial charge in [0.25, 0.3) is 0 Å². The quantitative estimate of drug-likeness (QED) is 0.458. The summed E-state index contributed by atoms with van der Waals surface area (Å²) in [5.41, 5.74) is 7.45. The zero-order valence-corrected chi connectivity index (χ0v) is 19.2. The van der Waals surface area contributed by atoms with Crippen molar-refractivity contribution in [2.75, 3.05) is 13.7 Å². The zero-order chi connectivity index (χ0) is 23.4. The molecule has 3 aromatic carbocycles. The molecule has 0 saturated heterocycles. The van der Waals surface area contributed by atoms with E-state index in [1.807, 2.05) is 55.5 Å². The Labute approximate surface area is 194 Å². The number of hydrogen-bond acceptors (Lipinski definition) is 4. The van der Waals surface area contributed by atoms with Gasteiger partial charge in [-0.15, -0.1) is 0 Å². The minimum absolute atomic E-state index is 0.205. The molecule has 0 radical (unpaired) electrons. The predicted molar refractivity (Wildman–Crippen MR) is 133 cm³/mol. The van der Waals surface area contributed by atoms with Gasteiger partial charge >= 0.3 is 5.97 Å². The lowest BCUT2D eigenvalue weighted by Gasteiger charge is -2.16. The van der Waals surface area contributed by atoms with Gasteiger partial charge in [0.15, 0.2) is 6.10 Å². The summed E-state index contributed by atoms with van der Waals surface area (Å²) in [6.45, 7) is 3.97. The molecule has 1 aliphatic rings. The summed E-state index contributed by atoms with van der Waals surface area (Å²) in [7, 11) is 1.60. The Hall–Kier alpha value is -3.63. The van der Waals surface area contributed by atoms with Gasteiger partial charge in [-0.25, -0.2) is 4.79 Å². The summed E-state index contributed by atoms with van der Waals surface area (Å²) in [4.78, 5) is 12.5. The number of allylic oxidation sites excluding steroid dienone is 2. The van der Waals surface area contributed by atoms with Gasteiger partial charge < -0.3 is 14.6 Å². The van der Waals surface area contributed by atoms with Crippen LogP contribution in [0.4, 0.5) is 0 Å². The molecule has 4 rings (SSSR count). The molecule has 0 fully saturated rings. The fourth-order valence-corrected chi connectivity index (χ4v) is 4.51. The van der Waals surface area contributed by atoms with Crippen molar-refractivity contribution < 1.29 is 19.4 Å². The van der Waals surface area contributed by atoms with Crippen molar-refractivity contribution in [3.05, 3.63) is 95.1 Å².